The Labute approximate surface area is 230 Å². The summed E-state index contributed by atoms with van der Waals surface area (Å²) in [5.74, 6) is 1.53. The van der Waals surface area contributed by atoms with Gasteiger partial charge in [0.2, 0.25) is 0 Å². The van der Waals surface area contributed by atoms with Crippen LogP contribution < -0.4 is 19.5 Å². The Morgan fingerprint density at radius 3 is 2.31 bits per heavy atom. The molecular weight excluding hydrogens is 498 g/mol. The molecular formula is C30H41N3O6. The summed E-state index contributed by atoms with van der Waals surface area (Å²) in [5, 5.41) is 8.41. The smallest absolute Gasteiger partial charge is 0.311 e. The van der Waals surface area contributed by atoms with Gasteiger partial charge in [-0.25, -0.2) is 0 Å². The Morgan fingerprint density at radius 2 is 1.67 bits per heavy atom. The molecule has 0 bridgehead atoms. The molecule has 212 valence electrons. The minimum Gasteiger partial charge on any atom is -0.493 e. The zero-order valence-electron chi connectivity index (χ0n) is 24.3. The molecule has 1 atom stereocenters. The van der Waals surface area contributed by atoms with Crippen LogP contribution in [-0.2, 0) is 16.0 Å². The lowest BCUT2D eigenvalue weighted by Gasteiger charge is -2.24. The number of hydrogen-bond donors (Lipinski definition) is 1. The van der Waals surface area contributed by atoms with Crippen molar-refractivity contribution < 1.29 is 28.5 Å². The van der Waals surface area contributed by atoms with Gasteiger partial charge in [-0.3, -0.25) is 9.59 Å². The van der Waals surface area contributed by atoms with E-state index in [0.717, 1.165) is 17.4 Å². The topological polar surface area (TPSA) is 101 Å². The van der Waals surface area contributed by atoms with E-state index >= 15 is 0 Å². The largest absolute Gasteiger partial charge is 0.493 e. The van der Waals surface area contributed by atoms with Gasteiger partial charge in [-0.15, -0.1) is 0 Å². The van der Waals surface area contributed by atoms with E-state index in [-0.39, 0.29) is 18.5 Å². The minimum absolute atomic E-state index is 0.106. The summed E-state index contributed by atoms with van der Waals surface area (Å²) >= 11 is 0. The molecule has 0 aliphatic heterocycles. The molecule has 9 nitrogen and oxygen atoms in total. The fourth-order valence-corrected chi connectivity index (χ4v) is 3.81. The highest BCUT2D eigenvalue weighted by atomic mass is 16.6. The van der Waals surface area contributed by atoms with Crippen molar-refractivity contribution in [2.75, 3.05) is 33.9 Å². The molecule has 0 amide bonds. The monoisotopic (exact) mass is 539 g/mol. The van der Waals surface area contributed by atoms with E-state index < -0.39 is 16.9 Å². The maximum Gasteiger partial charge on any atom is 0.311 e. The van der Waals surface area contributed by atoms with E-state index in [2.05, 4.69) is 10.4 Å². The predicted octanol–water partition coefficient (Wildman–Crippen LogP) is 4.91. The summed E-state index contributed by atoms with van der Waals surface area (Å²) in [4.78, 5) is 25.5. The van der Waals surface area contributed by atoms with Crippen molar-refractivity contribution in [1.82, 2.24) is 15.1 Å². The number of benzene rings is 2. The Kier molecular flexibility index (Phi) is 9.61. The molecule has 1 aromatic heterocycles. The van der Waals surface area contributed by atoms with Crippen LogP contribution in [0.15, 0.2) is 42.6 Å². The van der Waals surface area contributed by atoms with E-state index in [1.807, 2.05) is 77.9 Å². The first kappa shape index (κ1) is 30.0. The molecule has 1 heterocycles. The number of esters is 1. The van der Waals surface area contributed by atoms with Crippen molar-refractivity contribution in [2.24, 2.45) is 10.8 Å². The predicted molar refractivity (Wildman–Crippen MR) is 151 cm³/mol. The zero-order valence-corrected chi connectivity index (χ0v) is 24.3. The van der Waals surface area contributed by atoms with Gasteiger partial charge < -0.3 is 24.3 Å². The quantitative estimate of drug-likeness (QED) is 0.271. The van der Waals surface area contributed by atoms with Crippen molar-refractivity contribution in [3.63, 3.8) is 0 Å². The fraction of sp³-hybridized carbons (Fsp3) is 0.500. The molecule has 3 rings (SSSR count). The van der Waals surface area contributed by atoms with Gasteiger partial charge in [0, 0.05) is 12.0 Å². The minimum atomic E-state index is -0.646. The average molecular weight is 540 g/mol. The van der Waals surface area contributed by atoms with Gasteiger partial charge in [-0.05, 0) is 63.6 Å². The summed E-state index contributed by atoms with van der Waals surface area (Å²) in [7, 11) is 3.22. The van der Waals surface area contributed by atoms with Gasteiger partial charge in [0.25, 0.3) is 5.91 Å². The Morgan fingerprint density at radius 1 is 0.949 bits per heavy atom. The van der Waals surface area contributed by atoms with E-state index in [9.17, 15) is 9.59 Å². The summed E-state index contributed by atoms with van der Waals surface area (Å²) in [6.45, 7) is 12.2. The van der Waals surface area contributed by atoms with Crippen LogP contribution in [0.2, 0.25) is 0 Å². The van der Waals surface area contributed by atoms with Gasteiger partial charge in [-0.2, -0.15) is 9.78 Å². The molecule has 1 N–H and O–H groups in total. The average Bonchev–Trinajstić information content (AvgIpc) is 3.32. The second-order valence-electron chi connectivity index (χ2n) is 11.5. The van der Waals surface area contributed by atoms with Gasteiger partial charge in [0.1, 0.15) is 18.5 Å². The molecule has 1 unspecified atom stereocenters. The SMILES string of the molecule is COc1ccc(CCNCC(COc2cccc3c2cnn3C(=O)C(C)(C)C)OC(=O)C(C)(C)C)cc1OC. The number of methoxy groups -OCH3 is 2. The number of carbonyl (C=O) groups is 2. The number of nitrogens with one attached hydrogen (secondary N) is 1. The van der Waals surface area contributed by atoms with Crippen molar-refractivity contribution in [1.29, 1.82) is 0 Å². The number of carbonyl (C=O) groups excluding carboxylic acids is 2. The van der Waals surface area contributed by atoms with Crippen LogP contribution >= 0.6 is 0 Å². The van der Waals surface area contributed by atoms with Crippen LogP contribution in [0.5, 0.6) is 17.2 Å². The van der Waals surface area contributed by atoms with Crippen molar-refractivity contribution in [3.8, 4) is 17.2 Å². The summed E-state index contributed by atoms with van der Waals surface area (Å²) < 4.78 is 24.1. The lowest BCUT2D eigenvalue weighted by atomic mass is 9.96. The zero-order chi connectivity index (χ0) is 28.8. The number of hydrogen-bond acceptors (Lipinski definition) is 8. The standard InChI is InChI=1S/C30H41N3O6/c1-29(2,3)27(34)33-23-10-9-11-24(22(23)18-32-33)38-19-21(39-28(35)30(4,5)6)17-31-15-14-20-12-13-25(36-7)26(16-20)37-8/h9-13,16,18,21,31H,14-15,17,19H2,1-8H3. The van der Waals surface area contributed by atoms with E-state index in [1.54, 1.807) is 20.4 Å². The molecule has 3 aromatic rings. The van der Waals surface area contributed by atoms with Crippen LogP contribution in [0.1, 0.15) is 51.9 Å². The van der Waals surface area contributed by atoms with Gasteiger partial charge in [0.15, 0.2) is 11.5 Å². The lowest BCUT2D eigenvalue weighted by Crippen LogP contribution is -2.39. The summed E-state index contributed by atoms with van der Waals surface area (Å²) in [6, 6.07) is 11.3. The highest BCUT2D eigenvalue weighted by Crippen LogP contribution is 2.29. The van der Waals surface area contributed by atoms with Crippen LogP contribution in [0, 0.1) is 10.8 Å². The number of nitrogens with zero attached hydrogens (tertiary/aromatic N) is 2. The normalized spacial score (nSPS) is 12.7. The van der Waals surface area contributed by atoms with Crippen LogP contribution in [0.3, 0.4) is 0 Å². The molecule has 2 aromatic carbocycles. The molecule has 0 saturated heterocycles. The lowest BCUT2D eigenvalue weighted by molar-refractivity contribution is -0.159. The van der Waals surface area contributed by atoms with Gasteiger partial charge in [0.05, 0.1) is 36.7 Å². The highest BCUT2D eigenvalue weighted by molar-refractivity contribution is 5.95. The highest BCUT2D eigenvalue weighted by Gasteiger charge is 2.28. The third-order valence-corrected chi connectivity index (χ3v) is 6.13. The van der Waals surface area contributed by atoms with Crippen molar-refractivity contribution in [3.05, 3.63) is 48.2 Å². The van der Waals surface area contributed by atoms with Crippen molar-refractivity contribution >= 4 is 22.8 Å². The molecule has 0 aliphatic rings. The number of rotatable bonds is 11. The second-order valence-corrected chi connectivity index (χ2v) is 11.5. The second kappa shape index (κ2) is 12.5. The maximum absolute atomic E-state index is 12.8. The number of ether oxygens (including phenoxy) is 4. The van der Waals surface area contributed by atoms with Crippen molar-refractivity contribution in [2.45, 2.75) is 54.1 Å². The van der Waals surface area contributed by atoms with Crippen LogP contribution in [-0.4, -0.2) is 61.7 Å². The molecule has 39 heavy (non-hydrogen) atoms. The Balaban J connectivity index is 1.68. The third kappa shape index (κ3) is 7.72. The van der Waals surface area contributed by atoms with Crippen LogP contribution in [0.25, 0.3) is 10.9 Å². The Bertz CT molecular complexity index is 1290. The molecule has 0 aliphatic carbocycles. The molecule has 0 fully saturated rings. The van der Waals surface area contributed by atoms with Gasteiger partial charge in [-0.1, -0.05) is 32.9 Å². The fourth-order valence-electron chi connectivity index (χ4n) is 3.81. The molecule has 0 radical (unpaired) electrons. The molecule has 0 spiro atoms. The first-order chi connectivity index (χ1) is 18.3. The van der Waals surface area contributed by atoms with Gasteiger partial charge >= 0.3 is 5.97 Å². The Hall–Kier alpha value is -3.59. The number of fused-ring (bicyclic) bond motifs is 1. The summed E-state index contributed by atoms with van der Waals surface area (Å²) in [5.41, 5.74) is 0.536. The molecule has 9 heteroatoms. The maximum atomic E-state index is 12.8. The van der Waals surface area contributed by atoms with E-state index in [0.29, 0.717) is 35.9 Å². The third-order valence-electron chi connectivity index (χ3n) is 6.13. The number of aromatic nitrogens is 2. The van der Waals surface area contributed by atoms with E-state index in [4.69, 9.17) is 18.9 Å². The molecule has 0 saturated carbocycles. The first-order valence-corrected chi connectivity index (χ1v) is 13.1. The first-order valence-electron chi connectivity index (χ1n) is 13.1. The van der Waals surface area contributed by atoms with E-state index in [1.165, 1.54) is 4.68 Å². The summed E-state index contributed by atoms with van der Waals surface area (Å²) in [6.07, 6.45) is 1.86. The van der Waals surface area contributed by atoms with Crippen LogP contribution in [0.4, 0.5) is 0 Å².